The fourth-order valence-corrected chi connectivity index (χ4v) is 2.92. The third-order valence-corrected chi connectivity index (χ3v) is 3.94. The Morgan fingerprint density at radius 3 is 2.16 bits per heavy atom. The molecule has 1 rings (SSSR count). The highest BCUT2D eigenvalue weighted by Crippen LogP contribution is 2.22. The minimum Gasteiger partial charge on any atom is -0.342 e. The molecule has 0 spiro atoms. The molecule has 4 heteroatoms. The summed E-state index contributed by atoms with van der Waals surface area (Å²) in [5, 5.41) is 2.90. The van der Waals surface area contributed by atoms with E-state index in [0.717, 1.165) is 19.3 Å². The lowest BCUT2D eigenvalue weighted by Crippen LogP contribution is -2.65. The molecule has 110 valence electrons. The molecule has 1 saturated heterocycles. The van der Waals surface area contributed by atoms with Crippen LogP contribution in [0.3, 0.4) is 0 Å². The Morgan fingerprint density at radius 1 is 1.16 bits per heavy atom. The summed E-state index contributed by atoms with van der Waals surface area (Å²) in [7, 11) is 0. The molecule has 4 nitrogen and oxygen atoms in total. The van der Waals surface area contributed by atoms with Gasteiger partial charge in [0.25, 0.3) is 0 Å². The summed E-state index contributed by atoms with van der Waals surface area (Å²) in [6.07, 6.45) is 3.21. The number of hydrogen-bond donors (Lipinski definition) is 1. The second kappa shape index (κ2) is 6.92. The molecule has 0 saturated carbocycles. The van der Waals surface area contributed by atoms with Crippen LogP contribution in [0.5, 0.6) is 0 Å². The molecule has 0 aromatic heterocycles. The van der Waals surface area contributed by atoms with Crippen molar-refractivity contribution in [2.45, 2.75) is 78.4 Å². The van der Waals surface area contributed by atoms with Gasteiger partial charge >= 0.3 is 0 Å². The second-order valence-electron chi connectivity index (χ2n) is 5.83. The van der Waals surface area contributed by atoms with Crippen LogP contribution in [-0.4, -0.2) is 34.8 Å². The number of carbonyl (C=O) groups excluding carboxylic acids is 2. The first kappa shape index (κ1) is 16.0. The molecule has 2 unspecified atom stereocenters. The number of piperazine rings is 1. The molecule has 1 N–H and O–H groups in total. The van der Waals surface area contributed by atoms with Gasteiger partial charge in [0.1, 0.15) is 12.1 Å². The largest absolute Gasteiger partial charge is 0.342 e. The highest BCUT2D eigenvalue weighted by Gasteiger charge is 2.41. The van der Waals surface area contributed by atoms with Crippen LogP contribution in [0.2, 0.25) is 0 Å². The topological polar surface area (TPSA) is 49.4 Å². The minimum absolute atomic E-state index is 0.0136. The predicted molar refractivity (Wildman–Crippen MR) is 76.7 cm³/mol. The number of nitrogens with one attached hydrogen (secondary N) is 1. The second-order valence-corrected chi connectivity index (χ2v) is 5.83. The Balaban J connectivity index is 2.98. The quantitative estimate of drug-likeness (QED) is 0.803. The van der Waals surface area contributed by atoms with Gasteiger partial charge in [-0.05, 0) is 31.6 Å². The fourth-order valence-electron chi connectivity index (χ4n) is 2.92. The lowest BCUT2D eigenvalue weighted by atomic mass is 9.95. The molecule has 0 radical (unpaired) electrons. The Kier molecular flexibility index (Phi) is 5.83. The zero-order valence-electron chi connectivity index (χ0n) is 12.9. The van der Waals surface area contributed by atoms with Gasteiger partial charge in [0.15, 0.2) is 0 Å². The first-order valence-corrected chi connectivity index (χ1v) is 7.58. The van der Waals surface area contributed by atoms with Crippen molar-refractivity contribution in [3.63, 3.8) is 0 Å². The van der Waals surface area contributed by atoms with Gasteiger partial charge in [-0.15, -0.1) is 0 Å². The number of hydrogen-bond acceptors (Lipinski definition) is 2. The van der Waals surface area contributed by atoms with Crippen molar-refractivity contribution in [3.8, 4) is 0 Å². The molecule has 19 heavy (non-hydrogen) atoms. The normalized spacial score (nSPS) is 24.3. The van der Waals surface area contributed by atoms with Crippen molar-refractivity contribution in [1.29, 1.82) is 0 Å². The van der Waals surface area contributed by atoms with Gasteiger partial charge in [0.2, 0.25) is 11.8 Å². The van der Waals surface area contributed by atoms with E-state index in [0.29, 0.717) is 12.3 Å². The van der Waals surface area contributed by atoms with E-state index < -0.39 is 0 Å². The van der Waals surface area contributed by atoms with Crippen molar-refractivity contribution >= 4 is 11.8 Å². The summed E-state index contributed by atoms with van der Waals surface area (Å²) >= 11 is 0. The molecule has 0 bridgehead atoms. The number of rotatable bonds is 6. The van der Waals surface area contributed by atoms with Gasteiger partial charge in [-0.3, -0.25) is 9.59 Å². The lowest BCUT2D eigenvalue weighted by Gasteiger charge is -2.43. The Hall–Kier alpha value is -1.06. The van der Waals surface area contributed by atoms with Crippen molar-refractivity contribution in [1.82, 2.24) is 10.2 Å². The average Bonchev–Trinajstić information content (AvgIpc) is 2.35. The van der Waals surface area contributed by atoms with Crippen molar-refractivity contribution in [2.75, 3.05) is 0 Å². The molecule has 2 atom stereocenters. The Labute approximate surface area is 116 Å². The van der Waals surface area contributed by atoms with Crippen LogP contribution in [0.4, 0.5) is 0 Å². The zero-order valence-corrected chi connectivity index (χ0v) is 12.9. The van der Waals surface area contributed by atoms with E-state index >= 15 is 0 Å². The van der Waals surface area contributed by atoms with E-state index in [1.54, 1.807) is 0 Å². The van der Waals surface area contributed by atoms with Gasteiger partial charge in [-0.25, -0.2) is 0 Å². The van der Waals surface area contributed by atoms with E-state index in [-0.39, 0.29) is 29.9 Å². The monoisotopic (exact) mass is 268 g/mol. The Morgan fingerprint density at radius 2 is 1.74 bits per heavy atom. The van der Waals surface area contributed by atoms with Crippen LogP contribution in [0.1, 0.15) is 60.3 Å². The number of amides is 2. The molecular weight excluding hydrogens is 240 g/mol. The summed E-state index contributed by atoms with van der Waals surface area (Å²) in [6, 6.07) is -0.449. The molecule has 0 aliphatic carbocycles. The maximum atomic E-state index is 12.6. The first-order chi connectivity index (χ1) is 8.96. The highest BCUT2D eigenvalue weighted by atomic mass is 16.2. The molecule has 1 fully saturated rings. The molecule has 0 aromatic carbocycles. The predicted octanol–water partition coefficient (Wildman–Crippen LogP) is 2.33. The fraction of sp³-hybridized carbons (Fsp3) is 0.867. The third-order valence-electron chi connectivity index (χ3n) is 3.94. The van der Waals surface area contributed by atoms with Crippen molar-refractivity contribution < 1.29 is 9.59 Å². The number of carbonyl (C=O) groups is 2. The minimum atomic E-state index is -0.337. The summed E-state index contributed by atoms with van der Waals surface area (Å²) in [5.41, 5.74) is 0. The highest BCUT2D eigenvalue weighted by molar-refractivity contribution is 5.97. The lowest BCUT2D eigenvalue weighted by molar-refractivity contribution is -0.153. The van der Waals surface area contributed by atoms with Gasteiger partial charge in [0, 0.05) is 6.04 Å². The van der Waals surface area contributed by atoms with E-state index in [2.05, 4.69) is 33.0 Å². The molecule has 2 amide bonds. The van der Waals surface area contributed by atoms with Crippen molar-refractivity contribution in [2.24, 2.45) is 5.92 Å². The summed E-state index contributed by atoms with van der Waals surface area (Å²) in [5.74, 6) is 0.518. The van der Waals surface area contributed by atoms with E-state index in [4.69, 9.17) is 0 Å². The van der Waals surface area contributed by atoms with E-state index in [1.807, 2.05) is 11.8 Å². The van der Waals surface area contributed by atoms with Gasteiger partial charge in [-0.2, -0.15) is 0 Å². The van der Waals surface area contributed by atoms with Crippen LogP contribution < -0.4 is 5.32 Å². The van der Waals surface area contributed by atoms with Gasteiger partial charge < -0.3 is 10.2 Å². The summed E-state index contributed by atoms with van der Waals surface area (Å²) in [4.78, 5) is 26.7. The average molecular weight is 268 g/mol. The first-order valence-electron chi connectivity index (χ1n) is 7.58. The van der Waals surface area contributed by atoms with Crippen molar-refractivity contribution in [3.05, 3.63) is 0 Å². The SMILES string of the molecule is CCC(CC)N1C(=O)C(CC(C)C)NC(=O)C1CC. The third kappa shape index (κ3) is 3.48. The van der Waals surface area contributed by atoms with E-state index in [9.17, 15) is 9.59 Å². The van der Waals surface area contributed by atoms with Crippen LogP contribution in [0.25, 0.3) is 0 Å². The van der Waals surface area contributed by atoms with Crippen LogP contribution in [-0.2, 0) is 9.59 Å². The molecular formula is C15H28N2O2. The van der Waals surface area contributed by atoms with Crippen LogP contribution in [0.15, 0.2) is 0 Å². The Bertz CT molecular complexity index is 324. The summed E-state index contributed by atoms with van der Waals surface area (Å²) in [6.45, 7) is 10.3. The van der Waals surface area contributed by atoms with Crippen LogP contribution in [0, 0.1) is 5.92 Å². The number of nitrogens with zero attached hydrogens (tertiary/aromatic N) is 1. The van der Waals surface area contributed by atoms with E-state index in [1.165, 1.54) is 0 Å². The van der Waals surface area contributed by atoms with Gasteiger partial charge in [-0.1, -0.05) is 34.6 Å². The zero-order chi connectivity index (χ0) is 14.6. The molecule has 1 aliphatic rings. The maximum absolute atomic E-state index is 12.6. The summed E-state index contributed by atoms with van der Waals surface area (Å²) < 4.78 is 0. The van der Waals surface area contributed by atoms with Crippen LogP contribution >= 0.6 is 0 Å². The molecule has 1 aliphatic heterocycles. The standard InChI is InChI=1S/C15H28N2O2/c1-6-11(7-2)17-13(8-3)14(18)16-12(15(17)19)9-10(4)5/h10-13H,6-9H2,1-5H3,(H,16,18). The smallest absolute Gasteiger partial charge is 0.246 e. The molecule has 1 heterocycles. The maximum Gasteiger partial charge on any atom is 0.246 e. The van der Waals surface area contributed by atoms with Gasteiger partial charge in [0.05, 0.1) is 0 Å². The molecule has 0 aromatic rings.